The van der Waals surface area contributed by atoms with E-state index >= 15 is 0 Å². The summed E-state index contributed by atoms with van der Waals surface area (Å²) in [5.41, 5.74) is 1.14. The molecule has 0 aliphatic carbocycles. The second-order valence-electron chi connectivity index (χ2n) is 6.63. The van der Waals surface area contributed by atoms with E-state index in [0.29, 0.717) is 18.7 Å². The number of aromatic nitrogens is 1. The third-order valence-corrected chi connectivity index (χ3v) is 5.56. The highest BCUT2D eigenvalue weighted by Crippen LogP contribution is 2.50. The van der Waals surface area contributed by atoms with Crippen molar-refractivity contribution in [1.82, 2.24) is 4.57 Å². The van der Waals surface area contributed by atoms with Crippen LogP contribution < -0.4 is 5.56 Å². The Hall–Kier alpha value is -1.64. The van der Waals surface area contributed by atoms with Crippen molar-refractivity contribution in [2.75, 3.05) is 6.61 Å². The van der Waals surface area contributed by atoms with E-state index < -0.39 is 5.60 Å². The second kappa shape index (κ2) is 5.22. The van der Waals surface area contributed by atoms with Gasteiger partial charge in [0.1, 0.15) is 17.2 Å². The number of aryl methyl sites for hydroxylation is 1. The first kappa shape index (κ1) is 15.3. The third kappa shape index (κ3) is 2.02. The Morgan fingerprint density at radius 3 is 2.77 bits per heavy atom. The zero-order chi connectivity index (χ0) is 16.0. The molecule has 1 aromatic rings. The first-order valence-electron chi connectivity index (χ1n) is 7.96. The van der Waals surface area contributed by atoms with E-state index in [2.05, 4.69) is 13.8 Å². The molecule has 0 amide bonds. The zero-order valence-electron chi connectivity index (χ0n) is 13.4. The maximum absolute atomic E-state index is 12.5. The Bertz CT molecular complexity index is 697. The molecule has 1 fully saturated rings. The van der Waals surface area contributed by atoms with Crippen LogP contribution in [0.25, 0.3) is 0 Å². The van der Waals surface area contributed by atoms with E-state index in [1.807, 2.05) is 19.1 Å². The zero-order valence-corrected chi connectivity index (χ0v) is 13.4. The molecule has 0 bridgehead atoms. The van der Waals surface area contributed by atoms with E-state index in [0.717, 1.165) is 31.4 Å². The molecule has 2 aliphatic rings. The number of nitrogens with zero attached hydrogens (tertiary/aromatic N) is 2. The van der Waals surface area contributed by atoms with E-state index in [1.54, 1.807) is 4.57 Å². The van der Waals surface area contributed by atoms with Gasteiger partial charge in [0, 0.05) is 13.0 Å². The summed E-state index contributed by atoms with van der Waals surface area (Å²) in [4.78, 5) is 23.8. The van der Waals surface area contributed by atoms with Crippen molar-refractivity contribution in [3.63, 3.8) is 0 Å². The third-order valence-electron chi connectivity index (χ3n) is 5.56. The summed E-state index contributed by atoms with van der Waals surface area (Å²) in [6.07, 6.45) is 3.62. The lowest BCUT2D eigenvalue weighted by Crippen LogP contribution is -2.44. The van der Waals surface area contributed by atoms with Crippen molar-refractivity contribution in [2.24, 2.45) is 5.41 Å². The predicted molar refractivity (Wildman–Crippen MR) is 81.1 cm³/mol. The summed E-state index contributed by atoms with van der Waals surface area (Å²) in [7, 11) is 0. The first-order valence-corrected chi connectivity index (χ1v) is 7.96. The quantitative estimate of drug-likeness (QED) is 0.788. The lowest BCUT2D eigenvalue weighted by molar-refractivity contribution is -0.414. The van der Waals surface area contributed by atoms with Gasteiger partial charge < -0.3 is 4.57 Å². The fourth-order valence-electron chi connectivity index (χ4n) is 3.85. The van der Waals surface area contributed by atoms with Gasteiger partial charge in [-0.3, -0.25) is 4.79 Å². The fraction of sp³-hybridized carbons (Fsp3) is 0.647. The number of hydrogen-bond donors (Lipinski definition) is 0. The van der Waals surface area contributed by atoms with Crippen LogP contribution in [0, 0.1) is 23.7 Å². The smallest absolute Gasteiger partial charge is 0.269 e. The topological polar surface area (TPSA) is 64.2 Å². The molecule has 0 radical (unpaired) electrons. The summed E-state index contributed by atoms with van der Waals surface area (Å²) < 4.78 is 1.69. The highest BCUT2D eigenvalue weighted by atomic mass is 17.2. The molecule has 3 heterocycles. The van der Waals surface area contributed by atoms with Gasteiger partial charge in [-0.2, -0.15) is 5.26 Å². The van der Waals surface area contributed by atoms with Gasteiger partial charge in [-0.25, -0.2) is 9.78 Å². The van der Waals surface area contributed by atoms with Gasteiger partial charge in [-0.1, -0.05) is 13.8 Å². The molecule has 5 nitrogen and oxygen atoms in total. The van der Waals surface area contributed by atoms with Crippen LogP contribution in [0.5, 0.6) is 0 Å². The summed E-state index contributed by atoms with van der Waals surface area (Å²) in [5.74, 6) is 0. The number of nitriles is 1. The minimum absolute atomic E-state index is 0.0886. The molecular formula is C17H22N2O3. The maximum atomic E-state index is 12.5. The Kier molecular flexibility index (Phi) is 3.62. The van der Waals surface area contributed by atoms with E-state index in [-0.39, 0.29) is 16.5 Å². The van der Waals surface area contributed by atoms with E-state index in [4.69, 9.17) is 9.78 Å². The average Bonchev–Trinajstić information content (AvgIpc) is 2.86. The molecule has 0 saturated carbocycles. The van der Waals surface area contributed by atoms with Crippen molar-refractivity contribution >= 4 is 0 Å². The van der Waals surface area contributed by atoms with Gasteiger partial charge in [0.05, 0.1) is 12.3 Å². The number of fused-ring (bicyclic) bond motifs is 2. The molecule has 5 heteroatoms. The van der Waals surface area contributed by atoms with Crippen LogP contribution in [0.2, 0.25) is 0 Å². The standard InChI is InChI=1S/C17H22N2O3/c1-4-16(5-2)10-17(22-21-11-16)6-7-19-14(17)8-12(3)13(9-18)15(19)20/h8H,4-7,10-11H2,1-3H3. The molecular weight excluding hydrogens is 280 g/mol. The maximum Gasteiger partial charge on any atom is 0.269 e. The van der Waals surface area contributed by atoms with Crippen LogP contribution in [0.1, 0.15) is 56.4 Å². The Balaban J connectivity index is 2.12. The number of hydrogen-bond acceptors (Lipinski definition) is 4. The second-order valence-corrected chi connectivity index (χ2v) is 6.63. The van der Waals surface area contributed by atoms with Crippen molar-refractivity contribution in [1.29, 1.82) is 5.26 Å². The Labute approximate surface area is 130 Å². The van der Waals surface area contributed by atoms with Crippen LogP contribution in [0.3, 0.4) is 0 Å². The van der Waals surface area contributed by atoms with Crippen molar-refractivity contribution < 1.29 is 9.78 Å². The fourth-order valence-corrected chi connectivity index (χ4v) is 3.85. The molecule has 1 aromatic heterocycles. The number of rotatable bonds is 2. The van der Waals surface area contributed by atoms with Crippen molar-refractivity contribution in [3.8, 4) is 6.07 Å². The first-order chi connectivity index (χ1) is 10.5. The van der Waals surface area contributed by atoms with Crippen LogP contribution in [-0.2, 0) is 21.9 Å². The lowest BCUT2D eigenvalue weighted by atomic mass is 9.72. The van der Waals surface area contributed by atoms with E-state index in [9.17, 15) is 10.1 Å². The highest BCUT2D eigenvalue weighted by molar-refractivity contribution is 5.39. The van der Waals surface area contributed by atoms with Gasteiger partial charge in [0.15, 0.2) is 0 Å². The monoisotopic (exact) mass is 302 g/mol. The highest BCUT2D eigenvalue weighted by Gasteiger charge is 2.51. The molecule has 0 aromatic carbocycles. The lowest BCUT2D eigenvalue weighted by Gasteiger charge is -2.44. The average molecular weight is 302 g/mol. The minimum atomic E-state index is -0.553. The van der Waals surface area contributed by atoms with Gasteiger partial charge in [-0.15, -0.1) is 0 Å². The Morgan fingerprint density at radius 1 is 1.41 bits per heavy atom. The molecule has 1 saturated heterocycles. The van der Waals surface area contributed by atoms with Crippen molar-refractivity contribution in [3.05, 3.63) is 33.2 Å². The van der Waals surface area contributed by atoms with Gasteiger partial charge in [0.25, 0.3) is 5.56 Å². The molecule has 0 N–H and O–H groups in total. The molecule has 1 unspecified atom stereocenters. The molecule has 1 atom stereocenters. The largest absolute Gasteiger partial charge is 0.308 e. The van der Waals surface area contributed by atoms with Gasteiger partial charge >= 0.3 is 0 Å². The van der Waals surface area contributed by atoms with Crippen molar-refractivity contribution in [2.45, 2.75) is 58.6 Å². The molecule has 2 aliphatic heterocycles. The normalized spacial score (nSPS) is 25.9. The van der Waals surface area contributed by atoms with E-state index in [1.165, 1.54) is 0 Å². The molecule has 1 spiro atoms. The molecule has 118 valence electrons. The summed E-state index contributed by atoms with van der Waals surface area (Å²) >= 11 is 0. The minimum Gasteiger partial charge on any atom is -0.308 e. The van der Waals surface area contributed by atoms with Gasteiger partial charge in [-0.05, 0) is 43.2 Å². The SMILES string of the molecule is CCC1(CC)COOC2(CCn3c2cc(C)c(C#N)c3=O)C1. The van der Waals surface area contributed by atoms with Crippen LogP contribution in [-0.4, -0.2) is 11.2 Å². The van der Waals surface area contributed by atoms with Crippen LogP contribution >= 0.6 is 0 Å². The Morgan fingerprint density at radius 2 is 2.14 bits per heavy atom. The predicted octanol–water partition coefficient (Wildman–Crippen LogP) is 2.79. The summed E-state index contributed by atoms with van der Waals surface area (Å²) in [5, 5.41) is 9.17. The van der Waals surface area contributed by atoms with Crippen LogP contribution in [0.15, 0.2) is 10.9 Å². The molecule has 22 heavy (non-hydrogen) atoms. The van der Waals surface area contributed by atoms with Crippen LogP contribution in [0.4, 0.5) is 0 Å². The summed E-state index contributed by atoms with van der Waals surface area (Å²) in [6, 6.07) is 3.95. The van der Waals surface area contributed by atoms with Gasteiger partial charge in [0.2, 0.25) is 0 Å². The molecule has 3 rings (SSSR count). The summed E-state index contributed by atoms with van der Waals surface area (Å²) in [6.45, 7) is 7.34. The number of pyridine rings is 1.